The van der Waals surface area contributed by atoms with Crippen molar-refractivity contribution in [2.75, 3.05) is 26.2 Å². The van der Waals surface area contributed by atoms with Crippen LogP contribution in [0, 0.1) is 12.8 Å². The number of aliphatic carboxylic acids is 1. The van der Waals surface area contributed by atoms with Gasteiger partial charge in [-0.3, -0.25) is 14.4 Å². The number of carbonyl (C=O) groups is 3. The fraction of sp³-hybridized carbons (Fsp3) is 0.591. The van der Waals surface area contributed by atoms with Crippen LogP contribution in [0.4, 0.5) is 0 Å². The van der Waals surface area contributed by atoms with Crippen LogP contribution in [-0.2, 0) is 29.1 Å². The second-order valence-electron chi connectivity index (χ2n) is 9.08. The Morgan fingerprint density at radius 1 is 1.17 bits per heavy atom. The monoisotopic (exact) mass is 511 g/mol. The number of hydroxylamine groups is 1. The number of hydrogen-bond donors (Lipinski definition) is 6. The topological polar surface area (TPSA) is 189 Å². The summed E-state index contributed by atoms with van der Waals surface area (Å²) < 4.78 is 25.8. The molecule has 2 aliphatic rings. The van der Waals surface area contributed by atoms with Crippen LogP contribution >= 0.6 is 0 Å². The van der Waals surface area contributed by atoms with E-state index in [-0.39, 0.29) is 23.6 Å². The molecule has 3 rings (SSSR count). The molecule has 194 valence electrons. The van der Waals surface area contributed by atoms with E-state index in [1.54, 1.807) is 6.92 Å². The number of benzene rings is 1. The molecule has 1 aromatic rings. The highest BCUT2D eigenvalue weighted by molar-refractivity contribution is 7.93. The maximum absolute atomic E-state index is 12.9. The zero-order chi connectivity index (χ0) is 25.6. The molecule has 3 atom stereocenters. The number of sulfone groups is 1. The van der Waals surface area contributed by atoms with Crippen molar-refractivity contribution in [3.63, 3.8) is 0 Å². The van der Waals surface area contributed by atoms with Crippen molar-refractivity contribution in [3.8, 4) is 0 Å². The molecule has 0 saturated carbocycles. The second-order valence-corrected chi connectivity index (χ2v) is 11.3. The normalized spacial score (nSPS) is 22.8. The smallest absolute Gasteiger partial charge is 0.341 e. The van der Waals surface area contributed by atoms with E-state index < -0.39 is 45.3 Å². The summed E-state index contributed by atoms with van der Waals surface area (Å²) in [4.78, 5) is 38.9. The van der Waals surface area contributed by atoms with Gasteiger partial charge in [-0.1, -0.05) is 17.7 Å². The minimum absolute atomic E-state index is 0.203. The molecule has 13 heteroatoms. The third-order valence-corrected chi connectivity index (χ3v) is 8.52. The van der Waals surface area contributed by atoms with Crippen LogP contribution in [0.15, 0.2) is 29.2 Å². The van der Waals surface area contributed by atoms with Gasteiger partial charge in [-0.25, -0.2) is 13.2 Å². The number of piperidine rings is 1. The highest BCUT2D eigenvalue weighted by Crippen LogP contribution is 2.23. The van der Waals surface area contributed by atoms with E-state index in [9.17, 15) is 27.9 Å². The lowest BCUT2D eigenvalue weighted by atomic mass is 9.98. The number of nitrogens with two attached hydrogens (primary N) is 1. The lowest BCUT2D eigenvalue weighted by Crippen LogP contribution is -2.61. The molecular weight excluding hydrogens is 478 g/mol. The van der Waals surface area contributed by atoms with Gasteiger partial charge in [0.25, 0.3) is 0 Å². The number of rotatable bonds is 10. The zero-order valence-electron chi connectivity index (χ0n) is 19.6. The van der Waals surface area contributed by atoms with Gasteiger partial charge in [0.2, 0.25) is 26.5 Å². The average Bonchev–Trinajstić information content (AvgIpc) is 3.30. The average molecular weight is 512 g/mol. The maximum Gasteiger partial charge on any atom is 0.341 e. The van der Waals surface area contributed by atoms with Crippen molar-refractivity contribution in [2.24, 2.45) is 11.7 Å². The zero-order valence-corrected chi connectivity index (χ0v) is 20.4. The Bertz CT molecular complexity index is 1030. The summed E-state index contributed by atoms with van der Waals surface area (Å²) in [5, 5.41) is 18.0. The molecule has 12 nitrogen and oxygen atoms in total. The number of aryl methyl sites for hydroxylation is 1. The molecule has 0 radical (unpaired) electrons. The summed E-state index contributed by atoms with van der Waals surface area (Å²) in [5.74, 6) is -2.24. The minimum atomic E-state index is -4.51. The Morgan fingerprint density at radius 3 is 2.46 bits per heavy atom. The standard InChI is InChI=1S/C22H33N5O7S/c1-14-2-4-17(5-3-14)35(32,33)22(23,21(30)31)13-26-19(28)11-16-10-18(27-34-16)20(29)25-12-15-6-8-24-9-7-15/h2-5,15-16,18,24,27H,6-13,23H2,1H3,(H,25,29)(H,26,28)(H,30,31)/t16-,18+,22+/m1/s1. The number of carboxylic acid groups (broad SMARTS) is 1. The van der Waals surface area contributed by atoms with Crippen LogP contribution in [0.1, 0.15) is 31.2 Å². The van der Waals surface area contributed by atoms with Crippen molar-refractivity contribution < 1.29 is 32.7 Å². The Morgan fingerprint density at radius 2 is 1.83 bits per heavy atom. The predicted molar refractivity (Wildman–Crippen MR) is 126 cm³/mol. The maximum atomic E-state index is 12.9. The first-order valence-corrected chi connectivity index (χ1v) is 13.0. The summed E-state index contributed by atoms with van der Waals surface area (Å²) in [6, 6.07) is 4.97. The van der Waals surface area contributed by atoms with Crippen LogP contribution in [0.2, 0.25) is 0 Å². The molecular formula is C22H33N5O7S. The Hall–Kier alpha value is -2.58. The molecule has 2 heterocycles. The number of amides is 2. The molecule has 2 saturated heterocycles. The van der Waals surface area contributed by atoms with Crippen molar-refractivity contribution in [1.29, 1.82) is 0 Å². The lowest BCUT2D eigenvalue weighted by Gasteiger charge is -2.25. The number of carbonyl (C=O) groups excluding carboxylic acids is 2. The Kier molecular flexibility index (Phi) is 8.83. The first-order valence-electron chi connectivity index (χ1n) is 11.5. The molecule has 0 aliphatic carbocycles. The van der Waals surface area contributed by atoms with Gasteiger partial charge in [0.15, 0.2) is 0 Å². The van der Waals surface area contributed by atoms with Gasteiger partial charge < -0.3 is 26.8 Å². The summed E-state index contributed by atoms with van der Waals surface area (Å²) in [6.45, 7) is 3.36. The molecule has 0 bridgehead atoms. The molecule has 0 aromatic heterocycles. The third-order valence-electron chi connectivity index (χ3n) is 6.35. The number of hydrogen-bond acceptors (Lipinski definition) is 9. The second kappa shape index (κ2) is 11.4. The van der Waals surface area contributed by atoms with E-state index in [1.165, 1.54) is 24.3 Å². The van der Waals surface area contributed by atoms with Gasteiger partial charge in [-0.15, -0.1) is 0 Å². The van der Waals surface area contributed by atoms with Crippen molar-refractivity contribution in [1.82, 2.24) is 21.4 Å². The van der Waals surface area contributed by atoms with Gasteiger partial charge in [0.1, 0.15) is 6.04 Å². The SMILES string of the molecule is Cc1ccc(S(=O)(=O)[C@@](N)(CNC(=O)C[C@H]2C[C@@H](C(=O)NCC3CCNCC3)NO2)C(=O)O)cc1. The van der Waals surface area contributed by atoms with E-state index in [0.29, 0.717) is 12.5 Å². The van der Waals surface area contributed by atoms with Crippen LogP contribution in [0.5, 0.6) is 0 Å². The Balaban J connectivity index is 1.50. The highest BCUT2D eigenvalue weighted by atomic mass is 32.2. The lowest BCUT2D eigenvalue weighted by molar-refractivity contribution is -0.140. The predicted octanol–water partition coefficient (Wildman–Crippen LogP) is -1.21. The van der Waals surface area contributed by atoms with E-state index in [2.05, 4.69) is 21.4 Å². The summed E-state index contributed by atoms with van der Waals surface area (Å²) >= 11 is 0. The van der Waals surface area contributed by atoms with E-state index in [4.69, 9.17) is 10.6 Å². The molecule has 7 N–H and O–H groups in total. The van der Waals surface area contributed by atoms with E-state index in [1.807, 2.05) is 0 Å². The van der Waals surface area contributed by atoms with Crippen LogP contribution < -0.4 is 27.2 Å². The molecule has 2 amide bonds. The van der Waals surface area contributed by atoms with Gasteiger partial charge in [-0.2, -0.15) is 5.48 Å². The van der Waals surface area contributed by atoms with E-state index >= 15 is 0 Å². The van der Waals surface area contributed by atoms with E-state index in [0.717, 1.165) is 31.5 Å². The molecule has 0 unspecified atom stereocenters. The molecule has 2 aliphatic heterocycles. The Labute approximate surface area is 204 Å². The third kappa shape index (κ3) is 6.55. The quantitative estimate of drug-likeness (QED) is 0.222. The number of nitrogens with one attached hydrogen (secondary N) is 4. The van der Waals surface area contributed by atoms with Crippen LogP contribution in [-0.4, -0.2) is 74.5 Å². The summed E-state index contributed by atoms with van der Waals surface area (Å²) in [6.07, 6.45) is 1.38. The van der Waals surface area contributed by atoms with Gasteiger partial charge in [-0.05, 0) is 50.9 Å². The molecule has 35 heavy (non-hydrogen) atoms. The molecule has 1 aromatic carbocycles. The van der Waals surface area contributed by atoms with Crippen molar-refractivity contribution >= 4 is 27.6 Å². The van der Waals surface area contributed by atoms with Gasteiger partial charge in [0.05, 0.1) is 24.0 Å². The summed E-state index contributed by atoms with van der Waals surface area (Å²) in [7, 11) is -4.51. The van der Waals surface area contributed by atoms with Crippen molar-refractivity contribution in [3.05, 3.63) is 29.8 Å². The fourth-order valence-electron chi connectivity index (χ4n) is 4.00. The largest absolute Gasteiger partial charge is 0.479 e. The molecule has 0 spiro atoms. The number of carboxylic acids is 1. The first kappa shape index (κ1) is 27.0. The van der Waals surface area contributed by atoms with Crippen LogP contribution in [0.25, 0.3) is 0 Å². The fourth-order valence-corrected chi connectivity index (χ4v) is 5.41. The first-order chi connectivity index (χ1) is 16.5. The minimum Gasteiger partial charge on any atom is -0.479 e. The summed E-state index contributed by atoms with van der Waals surface area (Å²) in [5.41, 5.74) is 9.21. The highest BCUT2D eigenvalue weighted by Gasteiger charge is 2.49. The van der Waals surface area contributed by atoms with Gasteiger partial charge in [0, 0.05) is 13.0 Å². The molecule has 2 fully saturated rings. The van der Waals surface area contributed by atoms with Crippen LogP contribution in [0.3, 0.4) is 0 Å². The van der Waals surface area contributed by atoms with Gasteiger partial charge >= 0.3 is 5.97 Å². The van der Waals surface area contributed by atoms with Crippen molar-refractivity contribution in [2.45, 2.75) is 54.5 Å².